The van der Waals surface area contributed by atoms with Crippen LogP contribution in [0.5, 0.6) is 5.75 Å². The minimum absolute atomic E-state index is 0.0309. The van der Waals surface area contributed by atoms with Gasteiger partial charge in [-0.15, -0.1) is 0 Å². The molecule has 0 aliphatic heterocycles. The van der Waals surface area contributed by atoms with Gasteiger partial charge in [0.25, 0.3) is 0 Å². The number of para-hydroxylation sites is 1. The molecule has 6 heteroatoms. The summed E-state index contributed by atoms with van der Waals surface area (Å²) in [6, 6.07) is 9.75. The molecule has 2 N–H and O–H groups in total. The highest BCUT2D eigenvalue weighted by Gasteiger charge is 2.41. The number of rotatable bonds is 10. The number of aliphatic hydroxyl groups is 1. The Labute approximate surface area is 182 Å². The summed E-state index contributed by atoms with van der Waals surface area (Å²) in [5, 5.41) is 19.5. The Kier molecular flexibility index (Phi) is 8.31. The number of carbonyl (C=O) groups is 1. The first-order valence-electron chi connectivity index (χ1n) is 10.9. The highest BCUT2D eigenvalue weighted by molar-refractivity contribution is 6.74. The maximum atomic E-state index is 11.2. The van der Waals surface area contributed by atoms with Gasteiger partial charge in [-0.25, -0.2) is 0 Å². The SMILES string of the molecule is CC(Oc1ccccc1)C(CCC1=CC[C@H](O)[C@@H]1CC(=O)O)O[Si](C)(C)C(C)(C)C. The van der Waals surface area contributed by atoms with Crippen LogP contribution in [-0.2, 0) is 9.22 Å². The summed E-state index contributed by atoms with van der Waals surface area (Å²) in [4.78, 5) is 11.2. The third-order valence-corrected chi connectivity index (χ3v) is 11.0. The summed E-state index contributed by atoms with van der Waals surface area (Å²) < 4.78 is 12.9. The lowest BCUT2D eigenvalue weighted by Gasteiger charge is -2.41. The minimum atomic E-state index is -2.02. The molecule has 1 aliphatic rings. The van der Waals surface area contributed by atoms with Crippen LogP contribution in [0, 0.1) is 5.92 Å². The fourth-order valence-corrected chi connectivity index (χ4v) is 5.04. The molecular formula is C24H38O5Si. The van der Waals surface area contributed by atoms with Crippen molar-refractivity contribution in [1.82, 2.24) is 0 Å². The van der Waals surface area contributed by atoms with Crippen molar-refractivity contribution in [3.8, 4) is 5.75 Å². The second-order valence-electron chi connectivity index (χ2n) is 9.88. The van der Waals surface area contributed by atoms with Gasteiger partial charge in [0.1, 0.15) is 11.9 Å². The van der Waals surface area contributed by atoms with Crippen molar-refractivity contribution in [3.63, 3.8) is 0 Å². The van der Waals surface area contributed by atoms with Crippen LogP contribution in [0.1, 0.15) is 53.4 Å². The molecule has 0 aromatic heterocycles. The summed E-state index contributed by atoms with van der Waals surface area (Å²) >= 11 is 0. The molecule has 168 valence electrons. The van der Waals surface area contributed by atoms with E-state index in [1.807, 2.05) is 43.3 Å². The van der Waals surface area contributed by atoms with Crippen LogP contribution < -0.4 is 4.74 Å². The van der Waals surface area contributed by atoms with Gasteiger partial charge < -0.3 is 19.4 Å². The summed E-state index contributed by atoms with van der Waals surface area (Å²) in [7, 11) is -2.02. The molecule has 0 bridgehead atoms. The Morgan fingerprint density at radius 1 is 1.23 bits per heavy atom. The van der Waals surface area contributed by atoms with Crippen LogP contribution in [0.25, 0.3) is 0 Å². The highest BCUT2D eigenvalue weighted by atomic mass is 28.4. The van der Waals surface area contributed by atoms with Gasteiger partial charge in [0.15, 0.2) is 8.32 Å². The smallest absolute Gasteiger partial charge is 0.304 e. The first-order chi connectivity index (χ1) is 13.9. The van der Waals surface area contributed by atoms with Gasteiger partial charge in [-0.1, -0.05) is 50.6 Å². The molecule has 0 saturated heterocycles. The molecule has 0 saturated carbocycles. The number of carboxylic acid groups (broad SMARTS) is 1. The van der Waals surface area contributed by atoms with Crippen molar-refractivity contribution in [2.24, 2.45) is 5.92 Å². The molecule has 5 nitrogen and oxygen atoms in total. The predicted molar refractivity (Wildman–Crippen MR) is 122 cm³/mol. The Morgan fingerprint density at radius 3 is 2.43 bits per heavy atom. The van der Waals surface area contributed by atoms with E-state index in [4.69, 9.17) is 9.16 Å². The summed E-state index contributed by atoms with van der Waals surface area (Å²) in [5.41, 5.74) is 1.03. The van der Waals surface area contributed by atoms with Crippen LogP contribution in [0.4, 0.5) is 0 Å². The number of hydrogen-bond acceptors (Lipinski definition) is 4. The topological polar surface area (TPSA) is 76.0 Å². The second-order valence-corrected chi connectivity index (χ2v) is 14.6. The van der Waals surface area contributed by atoms with Crippen molar-refractivity contribution in [1.29, 1.82) is 0 Å². The maximum absolute atomic E-state index is 11.2. The van der Waals surface area contributed by atoms with E-state index in [0.29, 0.717) is 12.8 Å². The second kappa shape index (κ2) is 10.1. The van der Waals surface area contributed by atoms with E-state index in [1.54, 1.807) is 0 Å². The molecule has 30 heavy (non-hydrogen) atoms. The van der Waals surface area contributed by atoms with E-state index in [2.05, 4.69) is 33.9 Å². The standard InChI is InChI=1S/C24H38O5Si/c1-17(28-19-10-8-7-9-11-19)22(29-30(5,6)24(2,3)4)15-13-18-12-14-21(25)20(18)16-23(26)27/h7-12,17,20-22,25H,13-16H2,1-6H3,(H,26,27)/t17?,20-,21+,22?/m1/s1. The van der Waals surface area contributed by atoms with Crippen molar-refractivity contribution in [2.75, 3.05) is 0 Å². The Hall–Kier alpha value is -1.63. The third kappa shape index (κ3) is 6.69. The van der Waals surface area contributed by atoms with Gasteiger partial charge in [-0.2, -0.15) is 0 Å². The van der Waals surface area contributed by atoms with Crippen LogP contribution >= 0.6 is 0 Å². The van der Waals surface area contributed by atoms with Gasteiger partial charge in [0, 0.05) is 5.92 Å². The number of aliphatic hydroxyl groups excluding tert-OH is 1. The van der Waals surface area contributed by atoms with Crippen molar-refractivity contribution in [2.45, 2.75) is 89.8 Å². The molecular weight excluding hydrogens is 396 g/mol. The normalized spacial score (nSPS) is 21.8. The molecule has 1 aliphatic carbocycles. The average molecular weight is 435 g/mol. The van der Waals surface area contributed by atoms with E-state index >= 15 is 0 Å². The van der Waals surface area contributed by atoms with Crippen molar-refractivity contribution in [3.05, 3.63) is 42.0 Å². The van der Waals surface area contributed by atoms with Crippen LogP contribution in [-0.4, -0.2) is 42.8 Å². The van der Waals surface area contributed by atoms with Crippen LogP contribution in [0.15, 0.2) is 42.0 Å². The molecule has 0 fully saturated rings. The summed E-state index contributed by atoms with van der Waals surface area (Å²) in [5.74, 6) is -0.365. The lowest BCUT2D eigenvalue weighted by atomic mass is 9.91. The first-order valence-corrected chi connectivity index (χ1v) is 13.8. The van der Waals surface area contributed by atoms with Gasteiger partial charge in [0.05, 0.1) is 18.6 Å². The average Bonchev–Trinajstić information content (AvgIpc) is 2.97. The molecule has 1 aromatic rings. The van der Waals surface area contributed by atoms with E-state index in [-0.39, 0.29) is 29.6 Å². The van der Waals surface area contributed by atoms with Crippen LogP contribution in [0.3, 0.4) is 0 Å². The lowest BCUT2D eigenvalue weighted by molar-refractivity contribution is -0.138. The Bertz CT molecular complexity index is 723. The largest absolute Gasteiger partial charge is 0.488 e. The molecule has 0 heterocycles. The zero-order chi connectivity index (χ0) is 22.5. The maximum Gasteiger partial charge on any atom is 0.304 e. The summed E-state index contributed by atoms with van der Waals surface area (Å²) in [6.45, 7) is 13.2. The molecule has 2 unspecified atom stereocenters. The number of ether oxygens (including phenoxy) is 1. The van der Waals surface area contributed by atoms with Gasteiger partial charge >= 0.3 is 5.97 Å². The molecule has 0 amide bonds. The van der Waals surface area contributed by atoms with E-state index in [0.717, 1.165) is 17.7 Å². The molecule has 2 rings (SSSR count). The van der Waals surface area contributed by atoms with E-state index < -0.39 is 20.4 Å². The molecule has 0 spiro atoms. The quantitative estimate of drug-likeness (QED) is 0.380. The fraction of sp³-hybridized carbons (Fsp3) is 0.625. The first kappa shape index (κ1) is 24.6. The third-order valence-electron chi connectivity index (χ3n) is 6.52. The highest BCUT2D eigenvalue weighted by Crippen LogP contribution is 2.39. The van der Waals surface area contributed by atoms with Crippen molar-refractivity contribution >= 4 is 14.3 Å². The predicted octanol–water partition coefficient (Wildman–Crippen LogP) is 5.41. The Morgan fingerprint density at radius 2 is 1.87 bits per heavy atom. The van der Waals surface area contributed by atoms with Gasteiger partial charge in [-0.3, -0.25) is 4.79 Å². The van der Waals surface area contributed by atoms with Crippen LogP contribution in [0.2, 0.25) is 18.1 Å². The van der Waals surface area contributed by atoms with E-state index in [9.17, 15) is 15.0 Å². The number of aliphatic carboxylic acids is 1. The van der Waals surface area contributed by atoms with Crippen molar-refractivity contribution < 1.29 is 24.2 Å². The van der Waals surface area contributed by atoms with Gasteiger partial charge in [0.2, 0.25) is 0 Å². The van der Waals surface area contributed by atoms with Gasteiger partial charge in [-0.05, 0) is 56.5 Å². The monoisotopic (exact) mass is 434 g/mol. The fourth-order valence-electron chi connectivity index (χ4n) is 3.62. The molecule has 4 atom stereocenters. The Balaban J connectivity index is 2.13. The minimum Gasteiger partial charge on any atom is -0.488 e. The lowest BCUT2D eigenvalue weighted by Crippen LogP contribution is -2.47. The molecule has 0 radical (unpaired) electrons. The van der Waals surface area contributed by atoms with E-state index in [1.165, 1.54) is 0 Å². The molecule has 1 aromatic carbocycles. The zero-order valence-electron chi connectivity index (χ0n) is 19.2. The number of carboxylic acids is 1. The summed E-state index contributed by atoms with van der Waals surface area (Å²) in [6.07, 6.45) is 3.07. The zero-order valence-corrected chi connectivity index (χ0v) is 20.2. The number of benzene rings is 1. The number of hydrogen-bond donors (Lipinski definition) is 2.